The second kappa shape index (κ2) is 11.9. The van der Waals surface area contributed by atoms with E-state index in [1.165, 1.54) is 24.3 Å². The third-order valence-corrected chi connectivity index (χ3v) is 3.96. The standard InChI is InChI=1S/C21H23N3O7/c1-2-30-18-12-8-16(9-13-18)23-20(26)14-31-21(27)5-3-4-19(25)22-15-6-10-17(11-7-15)24(28)29/h6-13H,2-5,14H2,1H3,(H,22,25)(H,23,26). The highest BCUT2D eigenvalue weighted by atomic mass is 16.6. The van der Waals surface area contributed by atoms with Gasteiger partial charge in [0.1, 0.15) is 5.75 Å². The van der Waals surface area contributed by atoms with Gasteiger partial charge in [-0.05, 0) is 49.7 Å². The molecule has 0 spiro atoms. The molecule has 164 valence electrons. The Hall–Kier alpha value is -3.95. The van der Waals surface area contributed by atoms with Crippen LogP contribution >= 0.6 is 0 Å². The number of esters is 1. The van der Waals surface area contributed by atoms with E-state index in [2.05, 4.69) is 10.6 Å². The summed E-state index contributed by atoms with van der Waals surface area (Å²) in [7, 11) is 0. The zero-order chi connectivity index (χ0) is 22.6. The van der Waals surface area contributed by atoms with Gasteiger partial charge in [-0.3, -0.25) is 24.5 Å². The highest BCUT2D eigenvalue weighted by Crippen LogP contribution is 2.16. The number of ether oxygens (including phenoxy) is 2. The molecule has 0 bridgehead atoms. The molecule has 10 heteroatoms. The van der Waals surface area contributed by atoms with Gasteiger partial charge < -0.3 is 20.1 Å². The van der Waals surface area contributed by atoms with Crippen LogP contribution in [-0.2, 0) is 19.1 Å². The average Bonchev–Trinajstić information content (AvgIpc) is 2.74. The third kappa shape index (κ3) is 8.52. The fourth-order valence-corrected chi connectivity index (χ4v) is 2.50. The van der Waals surface area contributed by atoms with Crippen LogP contribution in [0, 0.1) is 10.1 Å². The molecular weight excluding hydrogens is 406 g/mol. The lowest BCUT2D eigenvalue weighted by Gasteiger charge is -2.08. The smallest absolute Gasteiger partial charge is 0.306 e. The SMILES string of the molecule is CCOc1ccc(NC(=O)COC(=O)CCCC(=O)Nc2ccc([N+](=O)[O-])cc2)cc1. The Morgan fingerprint density at radius 2 is 1.48 bits per heavy atom. The minimum absolute atomic E-state index is 0.0238. The minimum Gasteiger partial charge on any atom is -0.494 e. The summed E-state index contributed by atoms with van der Waals surface area (Å²) >= 11 is 0. The largest absolute Gasteiger partial charge is 0.494 e. The van der Waals surface area contributed by atoms with Gasteiger partial charge in [-0.15, -0.1) is 0 Å². The fourth-order valence-electron chi connectivity index (χ4n) is 2.50. The Labute approximate surface area is 178 Å². The third-order valence-electron chi connectivity index (χ3n) is 3.96. The summed E-state index contributed by atoms with van der Waals surface area (Å²) in [5.41, 5.74) is 0.892. The van der Waals surface area contributed by atoms with Gasteiger partial charge in [0.2, 0.25) is 5.91 Å². The summed E-state index contributed by atoms with van der Waals surface area (Å²) < 4.78 is 10.2. The summed E-state index contributed by atoms with van der Waals surface area (Å²) in [4.78, 5) is 45.5. The van der Waals surface area contributed by atoms with Gasteiger partial charge >= 0.3 is 5.97 Å². The first-order valence-corrected chi connectivity index (χ1v) is 9.60. The lowest BCUT2D eigenvalue weighted by molar-refractivity contribution is -0.384. The summed E-state index contributed by atoms with van der Waals surface area (Å²) in [6.45, 7) is 1.98. The lowest BCUT2D eigenvalue weighted by atomic mass is 10.2. The number of hydrogen-bond acceptors (Lipinski definition) is 7. The van der Waals surface area contributed by atoms with Crippen molar-refractivity contribution in [3.8, 4) is 5.75 Å². The molecule has 0 radical (unpaired) electrons. The molecule has 0 heterocycles. The van der Waals surface area contributed by atoms with Crippen molar-refractivity contribution in [3.63, 3.8) is 0 Å². The van der Waals surface area contributed by atoms with E-state index in [1.54, 1.807) is 24.3 Å². The minimum atomic E-state index is -0.593. The molecule has 0 unspecified atom stereocenters. The van der Waals surface area contributed by atoms with Crippen molar-refractivity contribution in [2.45, 2.75) is 26.2 Å². The molecule has 2 amide bonds. The Balaban J connectivity index is 1.63. The van der Waals surface area contributed by atoms with E-state index in [0.717, 1.165) is 0 Å². The Bertz CT molecular complexity index is 912. The molecule has 0 saturated heterocycles. The highest BCUT2D eigenvalue weighted by molar-refractivity contribution is 5.93. The van der Waals surface area contributed by atoms with E-state index in [1.807, 2.05) is 6.92 Å². The van der Waals surface area contributed by atoms with Crippen molar-refractivity contribution in [1.82, 2.24) is 0 Å². The number of rotatable bonds is 11. The van der Waals surface area contributed by atoms with Crippen LogP contribution in [0.25, 0.3) is 0 Å². The Morgan fingerprint density at radius 3 is 2.06 bits per heavy atom. The number of nitro groups is 1. The Morgan fingerprint density at radius 1 is 0.903 bits per heavy atom. The van der Waals surface area contributed by atoms with E-state index >= 15 is 0 Å². The molecule has 0 aliphatic rings. The van der Waals surface area contributed by atoms with Gasteiger partial charge in [0.05, 0.1) is 11.5 Å². The number of nitro benzene ring substituents is 1. The molecule has 0 aliphatic carbocycles. The zero-order valence-electron chi connectivity index (χ0n) is 17.0. The van der Waals surface area contributed by atoms with Crippen LogP contribution in [-0.4, -0.2) is 35.9 Å². The van der Waals surface area contributed by atoms with Gasteiger partial charge in [-0.25, -0.2) is 0 Å². The van der Waals surface area contributed by atoms with Crippen LogP contribution in [0.5, 0.6) is 5.75 Å². The molecule has 2 N–H and O–H groups in total. The van der Waals surface area contributed by atoms with Crippen molar-refractivity contribution in [2.24, 2.45) is 0 Å². The quantitative estimate of drug-likeness (QED) is 0.318. The van der Waals surface area contributed by atoms with Crippen molar-refractivity contribution in [1.29, 1.82) is 0 Å². The first kappa shape index (κ1) is 23.3. The summed E-state index contributed by atoms with van der Waals surface area (Å²) in [5, 5.41) is 15.8. The molecule has 2 rings (SSSR count). The molecule has 2 aromatic carbocycles. The molecule has 0 fully saturated rings. The maximum atomic E-state index is 11.9. The van der Waals surface area contributed by atoms with Crippen molar-refractivity contribution in [2.75, 3.05) is 23.8 Å². The zero-order valence-corrected chi connectivity index (χ0v) is 17.0. The normalized spacial score (nSPS) is 10.1. The number of benzene rings is 2. The molecule has 0 saturated carbocycles. The van der Waals surface area contributed by atoms with Crippen molar-refractivity contribution < 1.29 is 28.8 Å². The molecular formula is C21H23N3O7. The van der Waals surface area contributed by atoms with Crippen LogP contribution in [0.4, 0.5) is 17.1 Å². The number of carbonyl (C=O) groups is 3. The van der Waals surface area contributed by atoms with Crippen molar-refractivity contribution >= 4 is 34.8 Å². The van der Waals surface area contributed by atoms with E-state index < -0.39 is 23.4 Å². The summed E-state index contributed by atoms with van der Waals surface area (Å²) in [6, 6.07) is 12.2. The number of non-ortho nitro benzene ring substituents is 1. The number of anilines is 2. The average molecular weight is 429 g/mol. The summed E-state index contributed by atoms with van der Waals surface area (Å²) in [5.74, 6) is -0.724. The van der Waals surface area contributed by atoms with Crippen LogP contribution in [0.3, 0.4) is 0 Å². The first-order chi connectivity index (χ1) is 14.9. The van der Waals surface area contributed by atoms with Crippen molar-refractivity contribution in [3.05, 3.63) is 58.6 Å². The van der Waals surface area contributed by atoms with Gasteiger partial charge in [-0.2, -0.15) is 0 Å². The summed E-state index contributed by atoms with van der Waals surface area (Å²) in [6.07, 6.45) is 0.270. The first-order valence-electron chi connectivity index (χ1n) is 9.60. The number of hydrogen-bond donors (Lipinski definition) is 2. The van der Waals surface area contributed by atoms with E-state index in [0.29, 0.717) is 23.7 Å². The Kier molecular flexibility index (Phi) is 8.96. The monoisotopic (exact) mass is 429 g/mol. The number of nitrogens with one attached hydrogen (secondary N) is 2. The molecule has 31 heavy (non-hydrogen) atoms. The topological polar surface area (TPSA) is 137 Å². The van der Waals surface area contributed by atoms with Crippen LogP contribution in [0.1, 0.15) is 26.2 Å². The second-order valence-electron chi connectivity index (χ2n) is 6.37. The van der Waals surface area contributed by atoms with E-state index in [-0.39, 0.29) is 30.9 Å². The molecule has 0 atom stereocenters. The van der Waals surface area contributed by atoms with Crippen LogP contribution in [0.2, 0.25) is 0 Å². The number of amides is 2. The highest BCUT2D eigenvalue weighted by Gasteiger charge is 2.11. The van der Waals surface area contributed by atoms with Gasteiger partial charge in [0, 0.05) is 36.3 Å². The maximum absolute atomic E-state index is 11.9. The van der Waals surface area contributed by atoms with E-state index in [9.17, 15) is 24.5 Å². The van der Waals surface area contributed by atoms with E-state index in [4.69, 9.17) is 9.47 Å². The molecule has 0 aromatic heterocycles. The second-order valence-corrected chi connectivity index (χ2v) is 6.37. The van der Waals surface area contributed by atoms with Gasteiger partial charge in [0.15, 0.2) is 6.61 Å². The predicted molar refractivity (Wildman–Crippen MR) is 113 cm³/mol. The fraction of sp³-hybridized carbons (Fsp3) is 0.286. The van der Waals surface area contributed by atoms with Crippen LogP contribution < -0.4 is 15.4 Å². The van der Waals surface area contributed by atoms with Gasteiger partial charge in [-0.1, -0.05) is 0 Å². The number of carbonyl (C=O) groups excluding carboxylic acids is 3. The predicted octanol–water partition coefficient (Wildman–Crippen LogP) is 3.28. The number of nitrogens with zero attached hydrogens (tertiary/aromatic N) is 1. The molecule has 2 aromatic rings. The van der Waals surface area contributed by atoms with Crippen LogP contribution in [0.15, 0.2) is 48.5 Å². The van der Waals surface area contributed by atoms with Gasteiger partial charge in [0.25, 0.3) is 11.6 Å². The lowest BCUT2D eigenvalue weighted by Crippen LogP contribution is -2.21. The molecule has 0 aliphatic heterocycles. The molecule has 10 nitrogen and oxygen atoms in total. The maximum Gasteiger partial charge on any atom is 0.306 e.